The molecule has 0 radical (unpaired) electrons. The number of aromatic nitrogens is 1. The highest BCUT2D eigenvalue weighted by Crippen LogP contribution is 2.28. The van der Waals surface area contributed by atoms with Gasteiger partial charge in [0.2, 0.25) is 0 Å². The molecule has 1 N–H and O–H groups in total. The molecule has 0 bridgehead atoms. The lowest BCUT2D eigenvalue weighted by molar-refractivity contribution is 0.288. The minimum Gasteiger partial charge on any atom is -0.396 e. The Labute approximate surface area is 108 Å². The van der Waals surface area contributed by atoms with Crippen molar-refractivity contribution in [1.82, 2.24) is 4.98 Å². The van der Waals surface area contributed by atoms with Gasteiger partial charge in [0, 0.05) is 12.0 Å². The molecule has 0 aromatic carbocycles. The smallest absolute Gasteiger partial charge is 0.0928 e. The zero-order chi connectivity index (χ0) is 11.9. The van der Waals surface area contributed by atoms with E-state index in [0.717, 1.165) is 25.2 Å². The van der Waals surface area contributed by atoms with Crippen LogP contribution < -0.4 is 0 Å². The summed E-state index contributed by atoms with van der Waals surface area (Å²) in [6.07, 6.45) is 11.4. The van der Waals surface area contributed by atoms with Crippen LogP contribution in [0, 0.1) is 5.92 Å². The van der Waals surface area contributed by atoms with E-state index in [1.54, 1.807) is 11.3 Å². The maximum absolute atomic E-state index is 8.78. The lowest BCUT2D eigenvalue weighted by Gasteiger charge is -2.20. The molecule has 0 amide bonds. The maximum Gasteiger partial charge on any atom is 0.0928 e. The summed E-state index contributed by atoms with van der Waals surface area (Å²) in [4.78, 5) is 4.64. The topological polar surface area (TPSA) is 33.1 Å². The molecule has 1 aromatic rings. The molecular formula is C14H23NOS. The number of aryl methyl sites for hydroxylation is 2. The lowest BCUT2D eigenvalue weighted by atomic mass is 9.86. The molecule has 1 aliphatic carbocycles. The molecule has 0 spiro atoms. The molecule has 96 valence electrons. The van der Waals surface area contributed by atoms with Crippen molar-refractivity contribution < 1.29 is 5.11 Å². The monoisotopic (exact) mass is 253 g/mol. The SMILES string of the molecule is OCCCc1csc(CCC2CCCCC2)n1. The third kappa shape index (κ3) is 4.40. The first-order valence-electron chi connectivity index (χ1n) is 6.92. The summed E-state index contributed by atoms with van der Waals surface area (Å²) in [5, 5.41) is 12.2. The summed E-state index contributed by atoms with van der Waals surface area (Å²) < 4.78 is 0. The Morgan fingerprint density at radius 3 is 2.82 bits per heavy atom. The Kier molecular flexibility index (Phi) is 5.46. The molecule has 3 heteroatoms. The Hall–Kier alpha value is -0.410. The van der Waals surface area contributed by atoms with Gasteiger partial charge in [0.25, 0.3) is 0 Å². The van der Waals surface area contributed by atoms with Crippen LogP contribution in [-0.4, -0.2) is 16.7 Å². The predicted octanol–water partition coefficient (Wildman–Crippen LogP) is 3.58. The number of rotatable bonds is 6. The van der Waals surface area contributed by atoms with Crippen molar-refractivity contribution in [3.8, 4) is 0 Å². The normalized spacial score (nSPS) is 17.5. The summed E-state index contributed by atoms with van der Waals surface area (Å²) in [6.45, 7) is 0.273. The zero-order valence-electron chi connectivity index (χ0n) is 10.5. The van der Waals surface area contributed by atoms with E-state index < -0.39 is 0 Å². The van der Waals surface area contributed by atoms with Gasteiger partial charge in [-0.2, -0.15) is 0 Å². The van der Waals surface area contributed by atoms with Gasteiger partial charge in [0.1, 0.15) is 0 Å². The van der Waals surface area contributed by atoms with Crippen LogP contribution in [-0.2, 0) is 12.8 Å². The summed E-state index contributed by atoms with van der Waals surface area (Å²) in [6, 6.07) is 0. The second-order valence-electron chi connectivity index (χ2n) is 5.10. The van der Waals surface area contributed by atoms with E-state index in [4.69, 9.17) is 5.11 Å². The number of hydrogen-bond donors (Lipinski definition) is 1. The lowest BCUT2D eigenvalue weighted by Crippen LogP contribution is -2.07. The highest BCUT2D eigenvalue weighted by Gasteiger charge is 2.13. The minimum absolute atomic E-state index is 0.273. The van der Waals surface area contributed by atoms with E-state index >= 15 is 0 Å². The summed E-state index contributed by atoms with van der Waals surface area (Å²) in [5.41, 5.74) is 1.17. The van der Waals surface area contributed by atoms with Gasteiger partial charge in [-0.1, -0.05) is 32.1 Å². The highest BCUT2D eigenvalue weighted by molar-refractivity contribution is 7.09. The van der Waals surface area contributed by atoms with Crippen LogP contribution in [0.3, 0.4) is 0 Å². The average molecular weight is 253 g/mol. The molecule has 0 saturated heterocycles. The van der Waals surface area contributed by atoms with Gasteiger partial charge in [0.15, 0.2) is 0 Å². The number of aliphatic hydroxyl groups excluding tert-OH is 1. The van der Waals surface area contributed by atoms with E-state index in [1.165, 1.54) is 49.2 Å². The van der Waals surface area contributed by atoms with Crippen LogP contribution in [0.1, 0.15) is 55.6 Å². The van der Waals surface area contributed by atoms with E-state index in [0.29, 0.717) is 0 Å². The molecule has 2 rings (SSSR count). The fraction of sp³-hybridized carbons (Fsp3) is 0.786. The first kappa shape index (κ1) is 13.0. The standard InChI is InChI=1S/C14H23NOS/c16-10-4-7-13-11-17-14(15-13)9-8-12-5-2-1-3-6-12/h11-12,16H,1-10H2. The van der Waals surface area contributed by atoms with E-state index in [2.05, 4.69) is 10.4 Å². The maximum atomic E-state index is 8.78. The van der Waals surface area contributed by atoms with Crippen molar-refractivity contribution >= 4 is 11.3 Å². The second kappa shape index (κ2) is 7.12. The molecule has 1 aliphatic rings. The third-order valence-corrected chi connectivity index (χ3v) is 4.64. The fourth-order valence-corrected chi connectivity index (χ4v) is 3.49. The van der Waals surface area contributed by atoms with Gasteiger partial charge < -0.3 is 5.11 Å². The molecule has 0 aliphatic heterocycles. The van der Waals surface area contributed by atoms with Crippen LogP contribution in [0.5, 0.6) is 0 Å². The first-order valence-corrected chi connectivity index (χ1v) is 7.80. The van der Waals surface area contributed by atoms with Gasteiger partial charge in [-0.15, -0.1) is 11.3 Å². The molecular weight excluding hydrogens is 230 g/mol. The van der Waals surface area contributed by atoms with E-state index in [1.807, 2.05) is 0 Å². The van der Waals surface area contributed by atoms with Crippen molar-refractivity contribution in [3.63, 3.8) is 0 Å². The van der Waals surface area contributed by atoms with E-state index in [9.17, 15) is 0 Å². The Bertz CT molecular complexity index is 318. The third-order valence-electron chi connectivity index (χ3n) is 3.68. The summed E-state index contributed by atoms with van der Waals surface area (Å²) >= 11 is 1.80. The van der Waals surface area contributed by atoms with Crippen LogP contribution in [0.2, 0.25) is 0 Å². The fourth-order valence-electron chi connectivity index (χ4n) is 2.64. The molecule has 1 fully saturated rings. The Morgan fingerprint density at radius 1 is 1.24 bits per heavy atom. The Morgan fingerprint density at radius 2 is 2.06 bits per heavy atom. The average Bonchev–Trinajstić information content (AvgIpc) is 2.83. The van der Waals surface area contributed by atoms with Crippen LogP contribution in [0.15, 0.2) is 5.38 Å². The molecule has 1 saturated carbocycles. The molecule has 2 nitrogen and oxygen atoms in total. The molecule has 17 heavy (non-hydrogen) atoms. The quantitative estimate of drug-likeness (QED) is 0.840. The van der Waals surface area contributed by atoms with Crippen molar-refractivity contribution in [1.29, 1.82) is 0 Å². The number of aliphatic hydroxyl groups is 1. The van der Waals surface area contributed by atoms with Crippen LogP contribution in [0.25, 0.3) is 0 Å². The van der Waals surface area contributed by atoms with Crippen molar-refractivity contribution in [3.05, 3.63) is 16.1 Å². The number of thiazole rings is 1. The van der Waals surface area contributed by atoms with Gasteiger partial charge in [-0.05, 0) is 31.6 Å². The van der Waals surface area contributed by atoms with Crippen molar-refractivity contribution in [2.24, 2.45) is 5.92 Å². The highest BCUT2D eigenvalue weighted by atomic mass is 32.1. The first-order chi connectivity index (χ1) is 8.38. The molecule has 0 atom stereocenters. The predicted molar refractivity (Wildman–Crippen MR) is 72.4 cm³/mol. The van der Waals surface area contributed by atoms with E-state index in [-0.39, 0.29) is 6.61 Å². The molecule has 1 aromatic heterocycles. The van der Waals surface area contributed by atoms with Crippen molar-refractivity contribution in [2.45, 2.75) is 57.8 Å². The number of hydrogen-bond acceptors (Lipinski definition) is 3. The van der Waals surface area contributed by atoms with Crippen LogP contribution in [0.4, 0.5) is 0 Å². The largest absolute Gasteiger partial charge is 0.396 e. The Balaban J connectivity index is 1.72. The van der Waals surface area contributed by atoms with Gasteiger partial charge in [-0.3, -0.25) is 0 Å². The van der Waals surface area contributed by atoms with Gasteiger partial charge in [0.05, 0.1) is 10.7 Å². The number of nitrogens with zero attached hydrogens (tertiary/aromatic N) is 1. The minimum atomic E-state index is 0.273. The molecule has 0 unspecified atom stereocenters. The van der Waals surface area contributed by atoms with Gasteiger partial charge in [-0.25, -0.2) is 4.98 Å². The van der Waals surface area contributed by atoms with Gasteiger partial charge >= 0.3 is 0 Å². The zero-order valence-corrected chi connectivity index (χ0v) is 11.3. The van der Waals surface area contributed by atoms with Crippen molar-refractivity contribution in [2.75, 3.05) is 6.61 Å². The second-order valence-corrected chi connectivity index (χ2v) is 6.05. The van der Waals surface area contributed by atoms with Crippen LogP contribution >= 0.6 is 11.3 Å². The summed E-state index contributed by atoms with van der Waals surface area (Å²) in [7, 11) is 0. The molecule has 1 heterocycles. The summed E-state index contributed by atoms with van der Waals surface area (Å²) in [5.74, 6) is 0.952.